The molecule has 112 valence electrons. The summed E-state index contributed by atoms with van der Waals surface area (Å²) in [5.74, 6) is -1.26. The van der Waals surface area contributed by atoms with Crippen molar-refractivity contribution >= 4 is 16.7 Å². The average Bonchev–Trinajstić information content (AvgIpc) is 2.49. The van der Waals surface area contributed by atoms with E-state index in [1.807, 2.05) is 0 Å². The van der Waals surface area contributed by atoms with Crippen molar-refractivity contribution in [3.8, 4) is 5.88 Å². The SMILES string of the molecule is CCCCCNC(=O)c1c(O)n(O)c(=O)c2ccccc12. The van der Waals surface area contributed by atoms with Gasteiger partial charge in [-0.15, -0.1) is 4.73 Å². The summed E-state index contributed by atoms with van der Waals surface area (Å²) in [4.78, 5) is 24.1. The smallest absolute Gasteiger partial charge is 0.294 e. The maximum absolute atomic E-state index is 12.2. The average molecular weight is 290 g/mol. The zero-order chi connectivity index (χ0) is 15.4. The second-order valence-corrected chi connectivity index (χ2v) is 4.82. The lowest BCUT2D eigenvalue weighted by Crippen LogP contribution is -2.28. The lowest BCUT2D eigenvalue weighted by Gasteiger charge is -2.11. The van der Waals surface area contributed by atoms with Gasteiger partial charge in [0.2, 0.25) is 5.88 Å². The molecule has 0 bridgehead atoms. The highest BCUT2D eigenvalue weighted by Gasteiger charge is 2.20. The molecule has 0 aliphatic carbocycles. The number of rotatable bonds is 5. The van der Waals surface area contributed by atoms with E-state index in [0.717, 1.165) is 19.3 Å². The third-order valence-electron chi connectivity index (χ3n) is 3.34. The normalized spacial score (nSPS) is 10.7. The second kappa shape index (κ2) is 6.30. The predicted octanol–water partition coefficient (Wildman–Crippen LogP) is 1.86. The Labute approximate surface area is 121 Å². The zero-order valence-electron chi connectivity index (χ0n) is 11.8. The highest BCUT2D eigenvalue weighted by Crippen LogP contribution is 2.23. The van der Waals surface area contributed by atoms with Crippen LogP contribution in [0.5, 0.6) is 5.88 Å². The number of benzene rings is 1. The number of hydrogen-bond donors (Lipinski definition) is 3. The van der Waals surface area contributed by atoms with Gasteiger partial charge in [-0.05, 0) is 12.5 Å². The number of nitrogens with zero attached hydrogens (tertiary/aromatic N) is 1. The van der Waals surface area contributed by atoms with Crippen LogP contribution >= 0.6 is 0 Å². The third kappa shape index (κ3) is 2.84. The van der Waals surface area contributed by atoms with Crippen LogP contribution in [0.3, 0.4) is 0 Å². The fourth-order valence-corrected chi connectivity index (χ4v) is 2.21. The van der Waals surface area contributed by atoms with Crippen molar-refractivity contribution in [2.75, 3.05) is 6.54 Å². The monoisotopic (exact) mass is 290 g/mol. The molecule has 1 aromatic heterocycles. The molecule has 1 amide bonds. The van der Waals surface area contributed by atoms with E-state index in [4.69, 9.17) is 0 Å². The highest BCUT2D eigenvalue weighted by atomic mass is 16.5. The van der Waals surface area contributed by atoms with E-state index in [0.29, 0.717) is 11.9 Å². The largest absolute Gasteiger partial charge is 0.492 e. The molecule has 0 spiro atoms. The van der Waals surface area contributed by atoms with Crippen LogP contribution in [0.4, 0.5) is 0 Å². The predicted molar refractivity (Wildman–Crippen MR) is 78.9 cm³/mol. The Morgan fingerprint density at radius 1 is 1.24 bits per heavy atom. The van der Waals surface area contributed by atoms with E-state index in [-0.39, 0.29) is 15.7 Å². The van der Waals surface area contributed by atoms with Crippen LogP contribution in [0.25, 0.3) is 10.8 Å². The lowest BCUT2D eigenvalue weighted by atomic mass is 10.1. The van der Waals surface area contributed by atoms with Gasteiger partial charge in [-0.3, -0.25) is 9.59 Å². The third-order valence-corrected chi connectivity index (χ3v) is 3.34. The van der Waals surface area contributed by atoms with Gasteiger partial charge in [0.1, 0.15) is 5.56 Å². The van der Waals surface area contributed by atoms with Crippen LogP contribution in [0.2, 0.25) is 0 Å². The molecule has 0 fully saturated rings. The topological polar surface area (TPSA) is 91.6 Å². The summed E-state index contributed by atoms with van der Waals surface area (Å²) in [5, 5.41) is 22.7. The lowest BCUT2D eigenvalue weighted by molar-refractivity contribution is 0.0937. The van der Waals surface area contributed by atoms with Gasteiger partial charge in [0.05, 0.1) is 5.39 Å². The first-order chi connectivity index (χ1) is 10.1. The summed E-state index contributed by atoms with van der Waals surface area (Å²) < 4.78 is 0.100. The number of carbonyl (C=O) groups excluding carboxylic acids is 1. The molecule has 21 heavy (non-hydrogen) atoms. The van der Waals surface area contributed by atoms with Gasteiger partial charge in [0.15, 0.2) is 0 Å². The minimum Gasteiger partial charge on any atom is -0.492 e. The second-order valence-electron chi connectivity index (χ2n) is 4.82. The van der Waals surface area contributed by atoms with E-state index in [1.54, 1.807) is 18.2 Å². The maximum atomic E-state index is 12.2. The summed E-state index contributed by atoms with van der Waals surface area (Å²) in [7, 11) is 0. The number of nitrogens with one attached hydrogen (secondary N) is 1. The number of unbranched alkanes of at least 4 members (excludes halogenated alkanes) is 2. The zero-order valence-corrected chi connectivity index (χ0v) is 11.8. The van der Waals surface area contributed by atoms with Crippen molar-refractivity contribution in [1.82, 2.24) is 10.0 Å². The molecule has 1 heterocycles. The molecule has 0 radical (unpaired) electrons. The number of aromatic hydroxyl groups is 1. The molecule has 0 atom stereocenters. The van der Waals surface area contributed by atoms with Crippen molar-refractivity contribution in [2.45, 2.75) is 26.2 Å². The summed E-state index contributed by atoms with van der Waals surface area (Å²) in [6.45, 7) is 2.54. The molecule has 2 rings (SSSR count). The van der Waals surface area contributed by atoms with Gasteiger partial charge in [-0.1, -0.05) is 38.0 Å². The summed E-state index contributed by atoms with van der Waals surface area (Å²) in [6, 6.07) is 6.36. The molecule has 0 aliphatic rings. The fraction of sp³-hybridized carbons (Fsp3) is 0.333. The van der Waals surface area contributed by atoms with Gasteiger partial charge >= 0.3 is 0 Å². The molecular formula is C15H18N2O4. The molecule has 6 nitrogen and oxygen atoms in total. The van der Waals surface area contributed by atoms with Gasteiger partial charge in [0.25, 0.3) is 11.5 Å². The standard InChI is InChI=1S/C15H18N2O4/c1-2-3-6-9-16-13(18)12-10-7-4-5-8-11(10)14(19)17(21)15(12)20/h4-5,7-8,20-21H,2-3,6,9H2,1H3,(H,16,18). The van der Waals surface area contributed by atoms with Crippen LogP contribution in [0, 0.1) is 0 Å². The molecule has 1 aromatic carbocycles. The maximum Gasteiger partial charge on any atom is 0.294 e. The van der Waals surface area contributed by atoms with Gasteiger partial charge in [-0.25, -0.2) is 0 Å². The first-order valence-electron chi connectivity index (χ1n) is 6.92. The van der Waals surface area contributed by atoms with Crippen LogP contribution < -0.4 is 10.9 Å². The van der Waals surface area contributed by atoms with E-state index >= 15 is 0 Å². The Morgan fingerprint density at radius 3 is 2.57 bits per heavy atom. The fourth-order valence-electron chi connectivity index (χ4n) is 2.21. The molecule has 2 aromatic rings. The van der Waals surface area contributed by atoms with Gasteiger partial charge in [0, 0.05) is 11.9 Å². The van der Waals surface area contributed by atoms with E-state index < -0.39 is 17.3 Å². The quantitative estimate of drug-likeness (QED) is 0.579. The molecule has 3 N–H and O–H groups in total. The number of amides is 1. The van der Waals surface area contributed by atoms with Crippen molar-refractivity contribution in [3.05, 3.63) is 40.2 Å². The highest BCUT2D eigenvalue weighted by molar-refractivity contribution is 6.08. The minimum absolute atomic E-state index is 0.0933. The van der Waals surface area contributed by atoms with Crippen LogP contribution in [-0.2, 0) is 0 Å². The van der Waals surface area contributed by atoms with Crippen LogP contribution in [0.15, 0.2) is 29.1 Å². The molecule has 0 saturated heterocycles. The number of pyridine rings is 1. The number of aromatic nitrogens is 1. The van der Waals surface area contributed by atoms with Crippen LogP contribution in [-0.4, -0.2) is 27.5 Å². The summed E-state index contributed by atoms with van der Waals surface area (Å²) in [6.07, 6.45) is 2.86. The first kappa shape index (κ1) is 14.9. The van der Waals surface area contributed by atoms with Crippen molar-refractivity contribution < 1.29 is 15.1 Å². The summed E-state index contributed by atoms with van der Waals surface area (Å²) >= 11 is 0. The van der Waals surface area contributed by atoms with E-state index in [9.17, 15) is 19.9 Å². The summed E-state index contributed by atoms with van der Waals surface area (Å²) in [5.41, 5.74) is -0.852. The Balaban J connectivity index is 2.43. The Kier molecular flexibility index (Phi) is 4.47. The Hall–Kier alpha value is -2.50. The number of fused-ring (bicyclic) bond motifs is 1. The van der Waals surface area contributed by atoms with Crippen LogP contribution in [0.1, 0.15) is 36.5 Å². The first-order valence-corrected chi connectivity index (χ1v) is 6.92. The molecule has 0 saturated carbocycles. The Morgan fingerprint density at radius 2 is 1.90 bits per heavy atom. The van der Waals surface area contributed by atoms with E-state index in [1.165, 1.54) is 6.07 Å². The number of carbonyl (C=O) groups is 1. The minimum atomic E-state index is -0.759. The molecule has 0 unspecified atom stereocenters. The van der Waals surface area contributed by atoms with Gasteiger partial charge < -0.3 is 15.6 Å². The van der Waals surface area contributed by atoms with E-state index in [2.05, 4.69) is 12.2 Å². The van der Waals surface area contributed by atoms with Crippen molar-refractivity contribution in [1.29, 1.82) is 0 Å². The molecule has 6 heteroatoms. The number of hydrogen-bond acceptors (Lipinski definition) is 4. The van der Waals surface area contributed by atoms with Crippen molar-refractivity contribution in [3.63, 3.8) is 0 Å². The van der Waals surface area contributed by atoms with Crippen molar-refractivity contribution in [2.24, 2.45) is 0 Å². The van der Waals surface area contributed by atoms with Gasteiger partial charge in [-0.2, -0.15) is 0 Å². The molecule has 0 aliphatic heterocycles. The molecular weight excluding hydrogens is 272 g/mol. The Bertz CT molecular complexity index is 721.